The Hall–Kier alpha value is -3.47. The maximum absolute atomic E-state index is 12.4. The van der Waals surface area contributed by atoms with Gasteiger partial charge in [-0.2, -0.15) is 0 Å². The predicted octanol–water partition coefficient (Wildman–Crippen LogP) is 5.39. The summed E-state index contributed by atoms with van der Waals surface area (Å²) < 4.78 is 5.37. The smallest absolute Gasteiger partial charge is 0.338 e. The van der Waals surface area contributed by atoms with Crippen LogP contribution in [0.5, 0.6) is 0 Å². The molecule has 2 aromatic rings. The molecule has 2 aliphatic rings. The summed E-state index contributed by atoms with van der Waals surface area (Å²) >= 11 is 0. The highest BCUT2D eigenvalue weighted by Crippen LogP contribution is 2.51. The molecule has 33 heavy (non-hydrogen) atoms. The number of nitrogens with zero attached hydrogens (tertiary/aromatic N) is 1. The molecule has 0 spiro atoms. The zero-order valence-corrected chi connectivity index (χ0v) is 19.6. The lowest BCUT2D eigenvalue weighted by atomic mass is 9.63. The second kappa shape index (κ2) is 9.18. The van der Waals surface area contributed by atoms with Crippen LogP contribution < -0.4 is 5.56 Å². The third-order valence-corrected chi connectivity index (χ3v) is 6.26. The molecule has 2 aliphatic carbocycles. The molecule has 0 aliphatic heterocycles. The standard InChI is InChI=1S/C28H30N2O3/c1-5-23-21-15-19(4)17-28(23,24-12-13-26(31)30-25(24)16-21)29-14-8-10-20-9-6-7-11-22(20)27(32)33-18(2)3/h5-15,18,21H,16-17H2,1-4H3,(H,30,31)/b10-8?,23-5+,29-14?/t21-,28+/m0/s1. The van der Waals surface area contributed by atoms with Crippen LogP contribution >= 0.6 is 0 Å². The molecule has 0 saturated heterocycles. The maximum Gasteiger partial charge on any atom is 0.338 e. The number of esters is 1. The van der Waals surface area contributed by atoms with Crippen molar-refractivity contribution in [2.24, 2.45) is 10.9 Å². The molecule has 5 heteroatoms. The molecule has 0 radical (unpaired) electrons. The SMILES string of the molecule is C/C=C1\[C@H]2C=C(C)C[C@]1(N=CC=Cc1ccccc1C(=O)OC(C)C)c1ccc(=O)[nH]c1C2. The molecule has 170 valence electrons. The number of carbonyl (C=O) groups excluding carboxylic acids is 1. The number of carbonyl (C=O) groups is 1. The van der Waals surface area contributed by atoms with Gasteiger partial charge in [0.05, 0.1) is 11.7 Å². The van der Waals surface area contributed by atoms with Crippen molar-refractivity contribution in [2.45, 2.75) is 52.2 Å². The first-order valence-electron chi connectivity index (χ1n) is 11.4. The molecule has 0 amide bonds. The number of pyridine rings is 1. The van der Waals surface area contributed by atoms with E-state index < -0.39 is 5.54 Å². The number of aromatic amines is 1. The second-order valence-electron chi connectivity index (χ2n) is 9.00. The fourth-order valence-electron chi connectivity index (χ4n) is 5.08. The van der Waals surface area contributed by atoms with Gasteiger partial charge in [0.15, 0.2) is 0 Å². The average molecular weight is 443 g/mol. The molecular weight excluding hydrogens is 412 g/mol. The van der Waals surface area contributed by atoms with E-state index in [0.717, 1.165) is 29.7 Å². The van der Waals surface area contributed by atoms with Crippen molar-refractivity contribution >= 4 is 18.3 Å². The van der Waals surface area contributed by atoms with Crippen molar-refractivity contribution < 1.29 is 9.53 Å². The van der Waals surface area contributed by atoms with Crippen LogP contribution in [0.3, 0.4) is 0 Å². The summed E-state index contributed by atoms with van der Waals surface area (Å²) in [7, 11) is 0. The lowest BCUT2D eigenvalue weighted by Crippen LogP contribution is -2.40. The first-order valence-corrected chi connectivity index (χ1v) is 11.4. The van der Waals surface area contributed by atoms with E-state index in [0.29, 0.717) is 5.56 Å². The van der Waals surface area contributed by atoms with Crippen molar-refractivity contribution in [2.75, 3.05) is 0 Å². The van der Waals surface area contributed by atoms with Crippen LogP contribution in [0.2, 0.25) is 0 Å². The summed E-state index contributed by atoms with van der Waals surface area (Å²) in [4.78, 5) is 32.6. The minimum atomic E-state index is -0.531. The molecule has 2 bridgehead atoms. The fraction of sp³-hybridized carbons (Fsp3) is 0.321. The lowest BCUT2D eigenvalue weighted by molar-refractivity contribution is 0.0377. The molecule has 0 unspecified atom stereocenters. The van der Waals surface area contributed by atoms with Crippen molar-refractivity contribution in [3.05, 3.63) is 98.5 Å². The largest absolute Gasteiger partial charge is 0.459 e. The van der Waals surface area contributed by atoms with Gasteiger partial charge < -0.3 is 9.72 Å². The van der Waals surface area contributed by atoms with E-state index in [1.54, 1.807) is 12.1 Å². The van der Waals surface area contributed by atoms with Crippen LogP contribution in [0.1, 0.15) is 61.3 Å². The van der Waals surface area contributed by atoms with Gasteiger partial charge >= 0.3 is 5.97 Å². The summed E-state index contributed by atoms with van der Waals surface area (Å²) in [5, 5.41) is 0. The second-order valence-corrected chi connectivity index (χ2v) is 9.00. The van der Waals surface area contributed by atoms with Gasteiger partial charge in [0.1, 0.15) is 5.54 Å². The van der Waals surface area contributed by atoms with E-state index in [-0.39, 0.29) is 23.6 Å². The predicted molar refractivity (Wildman–Crippen MR) is 133 cm³/mol. The van der Waals surface area contributed by atoms with Crippen LogP contribution in [0.25, 0.3) is 6.08 Å². The van der Waals surface area contributed by atoms with Crippen LogP contribution in [0.15, 0.2) is 75.6 Å². The first kappa shape index (κ1) is 22.7. The van der Waals surface area contributed by atoms with E-state index >= 15 is 0 Å². The Morgan fingerprint density at radius 3 is 2.79 bits per heavy atom. The fourth-order valence-corrected chi connectivity index (χ4v) is 5.08. The van der Waals surface area contributed by atoms with E-state index in [1.165, 1.54) is 11.1 Å². The van der Waals surface area contributed by atoms with E-state index in [2.05, 4.69) is 31.0 Å². The van der Waals surface area contributed by atoms with Crippen molar-refractivity contribution in [1.82, 2.24) is 4.98 Å². The van der Waals surface area contributed by atoms with Gasteiger partial charge in [-0.1, -0.05) is 42.0 Å². The molecule has 5 nitrogen and oxygen atoms in total. The summed E-state index contributed by atoms with van der Waals surface area (Å²) in [5.74, 6) is -0.111. The van der Waals surface area contributed by atoms with Crippen LogP contribution in [0.4, 0.5) is 0 Å². The number of ether oxygens (including phenoxy) is 1. The van der Waals surface area contributed by atoms with Crippen LogP contribution in [-0.2, 0) is 16.7 Å². The Balaban J connectivity index is 1.71. The monoisotopic (exact) mass is 442 g/mol. The van der Waals surface area contributed by atoms with Gasteiger partial charge in [0, 0.05) is 35.9 Å². The van der Waals surface area contributed by atoms with Gasteiger partial charge in [-0.05, 0) is 63.5 Å². The van der Waals surface area contributed by atoms with Gasteiger partial charge in [-0.15, -0.1) is 0 Å². The number of allylic oxidation sites excluding steroid dienone is 3. The molecule has 0 saturated carbocycles. The number of H-pyrrole nitrogens is 1. The number of aliphatic imine (C=N–C) groups is 1. The normalized spacial score (nSPS) is 23.2. The summed E-state index contributed by atoms with van der Waals surface area (Å²) in [6.07, 6.45) is 11.4. The number of fused-ring (bicyclic) bond motifs is 4. The van der Waals surface area contributed by atoms with Crippen LogP contribution in [0, 0.1) is 5.92 Å². The number of aromatic nitrogens is 1. The Morgan fingerprint density at radius 2 is 2.03 bits per heavy atom. The number of hydrogen-bond acceptors (Lipinski definition) is 4. The molecule has 2 atom stereocenters. The van der Waals surface area contributed by atoms with E-state index in [1.807, 2.05) is 56.5 Å². The third kappa shape index (κ3) is 4.40. The first-order chi connectivity index (χ1) is 15.8. The minimum Gasteiger partial charge on any atom is -0.459 e. The zero-order valence-electron chi connectivity index (χ0n) is 19.6. The summed E-state index contributed by atoms with van der Waals surface area (Å²) in [6.45, 7) is 7.88. The highest BCUT2D eigenvalue weighted by Gasteiger charge is 2.46. The molecule has 1 aromatic carbocycles. The highest BCUT2D eigenvalue weighted by molar-refractivity contribution is 5.94. The maximum atomic E-state index is 12.4. The van der Waals surface area contributed by atoms with Gasteiger partial charge in [0.25, 0.3) is 0 Å². The van der Waals surface area contributed by atoms with Gasteiger partial charge in [-0.25, -0.2) is 4.79 Å². The Kier molecular flexibility index (Phi) is 6.32. The number of rotatable bonds is 5. The van der Waals surface area contributed by atoms with E-state index in [9.17, 15) is 9.59 Å². The van der Waals surface area contributed by atoms with Gasteiger partial charge in [0.2, 0.25) is 5.56 Å². The van der Waals surface area contributed by atoms with Crippen molar-refractivity contribution in [1.29, 1.82) is 0 Å². The van der Waals surface area contributed by atoms with Crippen molar-refractivity contribution in [3.63, 3.8) is 0 Å². The third-order valence-electron chi connectivity index (χ3n) is 6.26. The van der Waals surface area contributed by atoms with E-state index in [4.69, 9.17) is 9.73 Å². The lowest BCUT2D eigenvalue weighted by Gasteiger charge is -2.45. The topological polar surface area (TPSA) is 71.5 Å². The van der Waals surface area contributed by atoms with Crippen LogP contribution in [-0.4, -0.2) is 23.3 Å². The Labute approximate surface area is 194 Å². The van der Waals surface area contributed by atoms with Crippen molar-refractivity contribution in [3.8, 4) is 0 Å². The molecule has 0 fully saturated rings. The molecule has 1 aromatic heterocycles. The Bertz CT molecular complexity index is 1250. The number of hydrogen-bond donors (Lipinski definition) is 1. The minimum absolute atomic E-state index is 0.0830. The van der Waals surface area contributed by atoms with Gasteiger partial charge in [-0.3, -0.25) is 9.79 Å². The molecule has 1 heterocycles. The average Bonchev–Trinajstić information content (AvgIpc) is 2.76. The Morgan fingerprint density at radius 1 is 1.24 bits per heavy atom. The number of nitrogens with one attached hydrogen (secondary N) is 1. The number of benzene rings is 1. The summed E-state index contributed by atoms with van der Waals surface area (Å²) in [5.41, 5.74) is 5.28. The molecular formula is C28H30N2O3. The highest BCUT2D eigenvalue weighted by atomic mass is 16.5. The summed E-state index contributed by atoms with van der Waals surface area (Å²) in [6, 6.07) is 10.9. The quantitative estimate of drug-likeness (QED) is 0.383. The molecule has 4 rings (SSSR count). The zero-order chi connectivity index (χ0) is 23.6. The molecule has 1 N–H and O–H groups in total.